The summed E-state index contributed by atoms with van der Waals surface area (Å²) in [5.41, 5.74) is 1.61. The number of rotatable bonds is 1. The van der Waals surface area contributed by atoms with Crippen molar-refractivity contribution < 1.29 is 10.3 Å². The second-order valence-electron chi connectivity index (χ2n) is 6.46. The van der Waals surface area contributed by atoms with E-state index in [-0.39, 0.29) is 5.41 Å². The summed E-state index contributed by atoms with van der Waals surface area (Å²) in [6, 6.07) is 8.44. The van der Waals surface area contributed by atoms with Gasteiger partial charge in [0.1, 0.15) is 5.75 Å². The zero-order valence-electron chi connectivity index (χ0n) is 10.4. The number of phenolic OH excluding ortho intramolecular Hbond substituents is 1. The van der Waals surface area contributed by atoms with Gasteiger partial charge in [0, 0.05) is 12.1 Å². The predicted octanol–water partition coefficient (Wildman–Crippen LogP) is 2.67. The van der Waals surface area contributed by atoms with Gasteiger partial charge in [-0.3, -0.25) is 0 Å². The van der Waals surface area contributed by atoms with E-state index in [9.17, 15) is 10.3 Å². The fourth-order valence-electron chi connectivity index (χ4n) is 4.77. The standard InChI is InChI=1S/C15H19NO2/c17-14-3-1-11(2-4-14)15-7-10-5-12(8-15)16(18)13(6-10)9-15/h1-4,10,12-13,17-18H,5-9H2. The maximum Gasteiger partial charge on any atom is 0.115 e. The first-order chi connectivity index (χ1) is 8.66. The molecule has 2 aliphatic carbocycles. The van der Waals surface area contributed by atoms with E-state index in [1.54, 1.807) is 17.2 Å². The van der Waals surface area contributed by atoms with Crippen molar-refractivity contribution in [1.82, 2.24) is 5.06 Å². The van der Waals surface area contributed by atoms with Crippen LogP contribution in [0.1, 0.15) is 37.7 Å². The largest absolute Gasteiger partial charge is 0.508 e. The zero-order chi connectivity index (χ0) is 12.3. The second kappa shape index (κ2) is 3.49. The van der Waals surface area contributed by atoms with Gasteiger partial charge < -0.3 is 10.3 Å². The lowest BCUT2D eigenvalue weighted by Crippen LogP contribution is -2.62. The molecular formula is C15H19NO2. The monoisotopic (exact) mass is 245 g/mol. The Bertz CT molecular complexity index is 454. The van der Waals surface area contributed by atoms with Crippen molar-refractivity contribution in [2.45, 2.75) is 49.6 Å². The van der Waals surface area contributed by atoms with Crippen LogP contribution in [-0.4, -0.2) is 27.5 Å². The van der Waals surface area contributed by atoms with Crippen LogP contribution in [0.25, 0.3) is 0 Å². The highest BCUT2D eigenvalue weighted by molar-refractivity contribution is 5.34. The lowest BCUT2D eigenvalue weighted by molar-refractivity contribution is -0.236. The molecule has 4 bridgehead atoms. The highest BCUT2D eigenvalue weighted by Gasteiger charge is 2.54. The van der Waals surface area contributed by atoms with E-state index in [0.717, 1.165) is 31.6 Å². The Balaban J connectivity index is 1.74. The molecule has 0 aromatic heterocycles. The molecule has 2 unspecified atom stereocenters. The molecule has 2 atom stereocenters. The molecule has 3 nitrogen and oxygen atoms in total. The van der Waals surface area contributed by atoms with E-state index >= 15 is 0 Å². The van der Waals surface area contributed by atoms with Crippen LogP contribution >= 0.6 is 0 Å². The minimum atomic E-state index is 0.253. The minimum Gasteiger partial charge on any atom is -0.508 e. The second-order valence-corrected chi connectivity index (χ2v) is 6.46. The first kappa shape index (κ1) is 10.8. The van der Waals surface area contributed by atoms with E-state index in [0.29, 0.717) is 17.8 Å². The summed E-state index contributed by atoms with van der Waals surface area (Å²) in [6.07, 6.45) is 5.72. The number of nitrogens with zero attached hydrogens (tertiary/aromatic N) is 1. The molecule has 1 aromatic carbocycles. The van der Waals surface area contributed by atoms with Crippen LogP contribution in [0, 0.1) is 5.92 Å². The maximum atomic E-state index is 10.1. The average Bonchev–Trinajstić information content (AvgIpc) is 2.35. The first-order valence-electron chi connectivity index (χ1n) is 6.93. The van der Waals surface area contributed by atoms with Crippen LogP contribution in [0.15, 0.2) is 24.3 Å². The van der Waals surface area contributed by atoms with Gasteiger partial charge in [-0.2, -0.15) is 5.06 Å². The summed E-state index contributed by atoms with van der Waals surface area (Å²) >= 11 is 0. The molecule has 3 heteroatoms. The summed E-state index contributed by atoms with van der Waals surface area (Å²) in [5, 5.41) is 21.2. The number of piperidine rings is 2. The molecule has 5 rings (SSSR count). The quantitative estimate of drug-likeness (QED) is 0.799. The molecule has 0 radical (unpaired) electrons. The summed E-state index contributed by atoms with van der Waals surface area (Å²) in [4.78, 5) is 0. The Labute approximate surface area is 107 Å². The molecule has 0 spiro atoms. The molecule has 2 saturated carbocycles. The Morgan fingerprint density at radius 3 is 2.22 bits per heavy atom. The van der Waals surface area contributed by atoms with Gasteiger partial charge >= 0.3 is 0 Å². The van der Waals surface area contributed by atoms with Crippen molar-refractivity contribution in [3.05, 3.63) is 29.8 Å². The minimum absolute atomic E-state index is 0.253. The van der Waals surface area contributed by atoms with Crippen molar-refractivity contribution in [1.29, 1.82) is 0 Å². The molecule has 2 aliphatic heterocycles. The van der Waals surface area contributed by atoms with Crippen LogP contribution in [0.4, 0.5) is 0 Å². The highest BCUT2D eigenvalue weighted by Crippen LogP contribution is 2.56. The molecule has 2 heterocycles. The topological polar surface area (TPSA) is 43.7 Å². The van der Waals surface area contributed by atoms with Gasteiger partial charge in [-0.25, -0.2) is 0 Å². The third kappa shape index (κ3) is 1.38. The number of benzene rings is 1. The van der Waals surface area contributed by atoms with E-state index in [1.165, 1.54) is 12.0 Å². The first-order valence-corrected chi connectivity index (χ1v) is 6.93. The van der Waals surface area contributed by atoms with Gasteiger partial charge in [-0.1, -0.05) is 12.1 Å². The zero-order valence-corrected chi connectivity index (χ0v) is 10.4. The molecule has 18 heavy (non-hydrogen) atoms. The molecular weight excluding hydrogens is 226 g/mol. The van der Waals surface area contributed by atoms with E-state index in [1.807, 2.05) is 0 Å². The molecule has 4 fully saturated rings. The van der Waals surface area contributed by atoms with Gasteiger partial charge in [0.2, 0.25) is 0 Å². The summed E-state index contributed by atoms with van der Waals surface area (Å²) in [6.45, 7) is 0. The number of hydroxylamine groups is 2. The van der Waals surface area contributed by atoms with Gasteiger partial charge in [-0.15, -0.1) is 0 Å². The highest BCUT2D eigenvalue weighted by atomic mass is 16.5. The van der Waals surface area contributed by atoms with Crippen LogP contribution in [0.2, 0.25) is 0 Å². The van der Waals surface area contributed by atoms with Crippen LogP contribution in [-0.2, 0) is 5.41 Å². The number of aromatic hydroxyl groups is 1. The summed E-state index contributed by atoms with van der Waals surface area (Å²) in [7, 11) is 0. The lowest BCUT2D eigenvalue weighted by Gasteiger charge is -2.59. The van der Waals surface area contributed by atoms with Crippen LogP contribution < -0.4 is 0 Å². The van der Waals surface area contributed by atoms with Crippen LogP contribution in [0.3, 0.4) is 0 Å². The average molecular weight is 245 g/mol. The van der Waals surface area contributed by atoms with Crippen molar-refractivity contribution in [3.63, 3.8) is 0 Å². The molecule has 2 N–H and O–H groups in total. The molecule has 96 valence electrons. The molecule has 4 aliphatic rings. The fraction of sp³-hybridized carbons (Fsp3) is 0.600. The third-order valence-electron chi connectivity index (χ3n) is 5.37. The lowest BCUT2D eigenvalue weighted by atomic mass is 9.54. The SMILES string of the molecule is Oc1ccc(C23CC4CC(C2)N(O)C(C4)C3)cc1. The number of phenols is 1. The van der Waals surface area contributed by atoms with Gasteiger partial charge in [0.25, 0.3) is 0 Å². The van der Waals surface area contributed by atoms with Gasteiger partial charge in [0.15, 0.2) is 0 Å². The maximum absolute atomic E-state index is 10.1. The van der Waals surface area contributed by atoms with Gasteiger partial charge in [0.05, 0.1) is 0 Å². The predicted molar refractivity (Wildman–Crippen MR) is 67.6 cm³/mol. The normalized spacial score (nSPS) is 42.4. The van der Waals surface area contributed by atoms with E-state index in [4.69, 9.17) is 0 Å². The Hall–Kier alpha value is -1.06. The molecule has 1 aromatic rings. The van der Waals surface area contributed by atoms with Gasteiger partial charge in [-0.05, 0) is 61.1 Å². The van der Waals surface area contributed by atoms with E-state index < -0.39 is 0 Å². The van der Waals surface area contributed by atoms with Crippen molar-refractivity contribution in [3.8, 4) is 5.75 Å². The van der Waals surface area contributed by atoms with E-state index in [2.05, 4.69) is 12.1 Å². The van der Waals surface area contributed by atoms with Crippen molar-refractivity contribution in [2.24, 2.45) is 5.92 Å². The number of hydrogen-bond acceptors (Lipinski definition) is 3. The molecule has 2 saturated heterocycles. The fourth-order valence-corrected chi connectivity index (χ4v) is 4.77. The van der Waals surface area contributed by atoms with Crippen molar-refractivity contribution >= 4 is 0 Å². The summed E-state index contributed by atoms with van der Waals surface area (Å²) < 4.78 is 0. The summed E-state index contributed by atoms with van der Waals surface area (Å²) in [5.74, 6) is 1.12. The Morgan fingerprint density at radius 2 is 1.61 bits per heavy atom. The number of hydrogen-bond donors (Lipinski definition) is 2. The molecule has 0 amide bonds. The third-order valence-corrected chi connectivity index (χ3v) is 5.37. The Kier molecular flexibility index (Phi) is 2.10. The van der Waals surface area contributed by atoms with Crippen LogP contribution in [0.5, 0.6) is 5.75 Å². The van der Waals surface area contributed by atoms with Crippen molar-refractivity contribution in [2.75, 3.05) is 0 Å². The smallest absolute Gasteiger partial charge is 0.115 e. The Morgan fingerprint density at radius 1 is 1.00 bits per heavy atom.